The Bertz CT molecular complexity index is 657. The van der Waals surface area contributed by atoms with Crippen molar-refractivity contribution in [3.63, 3.8) is 0 Å². The van der Waals surface area contributed by atoms with Crippen LogP contribution in [0, 0.1) is 5.92 Å². The smallest absolute Gasteiger partial charge is 0.319 e. The van der Waals surface area contributed by atoms with Crippen LogP contribution in [0.1, 0.15) is 44.5 Å². The van der Waals surface area contributed by atoms with Gasteiger partial charge in [-0.25, -0.2) is 4.79 Å². The summed E-state index contributed by atoms with van der Waals surface area (Å²) in [5.74, 6) is 0.185. The maximum atomic E-state index is 12.9. The van der Waals surface area contributed by atoms with E-state index in [1.165, 1.54) is 0 Å². The largest absolute Gasteiger partial charge is 0.336 e. The Morgan fingerprint density at radius 1 is 1.36 bits per heavy atom. The lowest BCUT2D eigenvalue weighted by atomic mass is 10.1. The number of nitrogens with zero attached hydrogens (tertiary/aromatic N) is 1. The van der Waals surface area contributed by atoms with Crippen LogP contribution in [0.15, 0.2) is 18.2 Å². The number of halogens is 1. The second-order valence-corrected chi connectivity index (χ2v) is 8.07. The van der Waals surface area contributed by atoms with Crippen molar-refractivity contribution < 1.29 is 9.59 Å². The van der Waals surface area contributed by atoms with Crippen molar-refractivity contribution in [3.8, 4) is 0 Å². The zero-order valence-corrected chi connectivity index (χ0v) is 16.0. The lowest BCUT2D eigenvalue weighted by molar-refractivity contribution is 0.0743. The third-order valence-corrected chi connectivity index (χ3v) is 4.53. The van der Waals surface area contributed by atoms with Gasteiger partial charge in [-0.05, 0) is 64.8 Å². The van der Waals surface area contributed by atoms with Gasteiger partial charge >= 0.3 is 6.03 Å². The van der Waals surface area contributed by atoms with Gasteiger partial charge in [0.1, 0.15) is 0 Å². The standard InChI is InChI=1S/C18H27ClN4O2/c1-11-7-12(9-20)10-23(11)16(24)14-8-13(5-6-15(14)19)21-17(25)22-18(2,3)4/h5-6,8,11-12H,7,9-10,20H2,1-4H3,(H2,21,22,25). The predicted octanol–water partition coefficient (Wildman–Crippen LogP) is 3.07. The van der Waals surface area contributed by atoms with Crippen molar-refractivity contribution in [1.29, 1.82) is 0 Å². The van der Waals surface area contributed by atoms with Crippen LogP contribution in [-0.4, -0.2) is 41.5 Å². The Hall–Kier alpha value is -1.79. The van der Waals surface area contributed by atoms with Crippen molar-refractivity contribution in [2.75, 3.05) is 18.4 Å². The number of benzene rings is 1. The summed E-state index contributed by atoms with van der Waals surface area (Å²) in [6.07, 6.45) is 0.895. The molecule has 1 aliphatic rings. The fourth-order valence-corrected chi connectivity index (χ4v) is 3.22. The van der Waals surface area contributed by atoms with Crippen molar-refractivity contribution >= 4 is 29.2 Å². The molecule has 7 heteroatoms. The molecule has 0 aromatic heterocycles. The molecule has 0 saturated carbocycles. The van der Waals surface area contributed by atoms with Crippen molar-refractivity contribution in [3.05, 3.63) is 28.8 Å². The molecule has 1 heterocycles. The zero-order chi connectivity index (χ0) is 18.8. The van der Waals surface area contributed by atoms with Crippen LogP contribution in [0.4, 0.5) is 10.5 Å². The van der Waals surface area contributed by atoms with Gasteiger partial charge in [0.2, 0.25) is 0 Å². The van der Waals surface area contributed by atoms with E-state index in [2.05, 4.69) is 10.6 Å². The highest BCUT2D eigenvalue weighted by molar-refractivity contribution is 6.34. The van der Waals surface area contributed by atoms with Gasteiger partial charge in [-0.1, -0.05) is 11.6 Å². The number of urea groups is 1. The number of nitrogens with two attached hydrogens (primary N) is 1. The van der Waals surface area contributed by atoms with Gasteiger partial charge in [0.05, 0.1) is 10.6 Å². The normalized spacial score (nSPS) is 20.5. The van der Waals surface area contributed by atoms with Crippen LogP contribution in [0.2, 0.25) is 5.02 Å². The number of amides is 3. The number of carbonyl (C=O) groups is 2. The Morgan fingerprint density at radius 2 is 2.04 bits per heavy atom. The van der Waals surface area contributed by atoms with Crippen molar-refractivity contribution in [2.45, 2.75) is 45.7 Å². The van der Waals surface area contributed by atoms with Crippen LogP contribution < -0.4 is 16.4 Å². The van der Waals surface area contributed by atoms with Crippen LogP contribution in [-0.2, 0) is 0 Å². The monoisotopic (exact) mass is 366 g/mol. The minimum absolute atomic E-state index is 0.123. The van der Waals surface area contributed by atoms with E-state index in [1.807, 2.05) is 27.7 Å². The van der Waals surface area contributed by atoms with Crippen molar-refractivity contribution in [1.82, 2.24) is 10.2 Å². The van der Waals surface area contributed by atoms with E-state index >= 15 is 0 Å². The molecule has 3 amide bonds. The van der Waals surface area contributed by atoms with E-state index in [4.69, 9.17) is 17.3 Å². The molecule has 1 fully saturated rings. The first kappa shape index (κ1) is 19.5. The summed E-state index contributed by atoms with van der Waals surface area (Å²) < 4.78 is 0. The molecule has 25 heavy (non-hydrogen) atoms. The number of likely N-dealkylation sites (tertiary alicyclic amines) is 1. The molecule has 138 valence electrons. The van der Waals surface area contributed by atoms with E-state index < -0.39 is 0 Å². The third-order valence-electron chi connectivity index (χ3n) is 4.20. The molecule has 2 rings (SSSR count). The maximum absolute atomic E-state index is 12.9. The molecule has 0 radical (unpaired) electrons. The molecule has 1 aliphatic heterocycles. The van der Waals surface area contributed by atoms with E-state index in [9.17, 15) is 9.59 Å². The Labute approximate surface area is 154 Å². The highest BCUT2D eigenvalue weighted by Gasteiger charge is 2.33. The molecule has 0 bridgehead atoms. The minimum Gasteiger partial charge on any atom is -0.336 e. The van der Waals surface area contributed by atoms with E-state index in [-0.39, 0.29) is 23.5 Å². The summed E-state index contributed by atoms with van der Waals surface area (Å²) in [5, 5.41) is 5.93. The van der Waals surface area contributed by atoms with Gasteiger partial charge < -0.3 is 21.3 Å². The molecule has 0 aliphatic carbocycles. The van der Waals surface area contributed by atoms with Gasteiger partial charge in [-0.3, -0.25) is 4.79 Å². The number of carbonyl (C=O) groups excluding carboxylic acids is 2. The number of rotatable bonds is 3. The minimum atomic E-state index is -0.350. The molecular weight excluding hydrogens is 340 g/mol. The summed E-state index contributed by atoms with van der Waals surface area (Å²) >= 11 is 6.23. The highest BCUT2D eigenvalue weighted by atomic mass is 35.5. The van der Waals surface area contributed by atoms with Crippen LogP contribution >= 0.6 is 11.6 Å². The Morgan fingerprint density at radius 3 is 2.60 bits per heavy atom. The summed E-state index contributed by atoms with van der Waals surface area (Å²) in [4.78, 5) is 26.7. The molecule has 1 aromatic carbocycles. The average molecular weight is 367 g/mol. The van der Waals surface area contributed by atoms with Crippen molar-refractivity contribution in [2.24, 2.45) is 11.7 Å². The summed E-state index contributed by atoms with van der Waals surface area (Å²) in [7, 11) is 0. The highest BCUT2D eigenvalue weighted by Crippen LogP contribution is 2.28. The molecule has 6 nitrogen and oxygen atoms in total. The van der Waals surface area contributed by atoms with E-state index in [0.717, 1.165) is 6.42 Å². The summed E-state index contributed by atoms with van der Waals surface area (Å²) in [6, 6.07) is 4.72. The first-order chi connectivity index (χ1) is 11.6. The molecule has 1 aromatic rings. The molecule has 2 unspecified atom stereocenters. The van der Waals surface area contributed by atoms with Gasteiger partial charge in [-0.2, -0.15) is 0 Å². The topological polar surface area (TPSA) is 87.5 Å². The number of hydrogen-bond acceptors (Lipinski definition) is 3. The summed E-state index contributed by atoms with van der Waals surface area (Å²) in [5.41, 5.74) is 6.30. The number of nitrogens with one attached hydrogen (secondary N) is 2. The SMILES string of the molecule is CC1CC(CN)CN1C(=O)c1cc(NC(=O)NC(C)(C)C)ccc1Cl. The molecule has 0 spiro atoms. The summed E-state index contributed by atoms with van der Waals surface area (Å²) in [6.45, 7) is 8.90. The quantitative estimate of drug-likeness (QED) is 0.768. The second-order valence-electron chi connectivity index (χ2n) is 7.67. The van der Waals surface area contributed by atoms with E-state index in [0.29, 0.717) is 35.3 Å². The second kappa shape index (κ2) is 7.62. The lowest BCUT2D eigenvalue weighted by Crippen LogP contribution is -2.43. The van der Waals surface area contributed by atoms with Gasteiger partial charge in [-0.15, -0.1) is 0 Å². The zero-order valence-electron chi connectivity index (χ0n) is 15.2. The fraction of sp³-hybridized carbons (Fsp3) is 0.556. The maximum Gasteiger partial charge on any atom is 0.319 e. The molecular formula is C18H27ClN4O2. The lowest BCUT2D eigenvalue weighted by Gasteiger charge is -2.23. The van der Waals surface area contributed by atoms with Crippen LogP contribution in [0.5, 0.6) is 0 Å². The average Bonchev–Trinajstić information content (AvgIpc) is 2.87. The first-order valence-electron chi connectivity index (χ1n) is 8.50. The van der Waals surface area contributed by atoms with Gasteiger partial charge in [0.15, 0.2) is 0 Å². The van der Waals surface area contributed by atoms with E-state index in [1.54, 1.807) is 23.1 Å². The number of hydrogen-bond donors (Lipinski definition) is 3. The third kappa shape index (κ3) is 5.09. The van der Waals surface area contributed by atoms with Crippen LogP contribution in [0.3, 0.4) is 0 Å². The molecule has 4 N–H and O–H groups in total. The Kier molecular flexibility index (Phi) is 5.95. The Balaban J connectivity index is 2.16. The first-order valence-corrected chi connectivity index (χ1v) is 8.88. The molecule has 1 saturated heterocycles. The van der Waals surface area contributed by atoms with Gasteiger partial charge in [0, 0.05) is 23.8 Å². The molecule has 2 atom stereocenters. The van der Waals surface area contributed by atoms with Gasteiger partial charge in [0.25, 0.3) is 5.91 Å². The van der Waals surface area contributed by atoms with Crippen LogP contribution in [0.25, 0.3) is 0 Å². The fourth-order valence-electron chi connectivity index (χ4n) is 3.02. The number of anilines is 1. The predicted molar refractivity (Wildman–Crippen MR) is 101 cm³/mol.